The molecule has 15 heavy (non-hydrogen) atoms. The summed E-state index contributed by atoms with van der Waals surface area (Å²) in [4.78, 5) is 11.3. The molecule has 1 unspecified atom stereocenters. The lowest BCUT2D eigenvalue weighted by atomic mass is 9.81. The van der Waals surface area contributed by atoms with Crippen molar-refractivity contribution in [2.45, 2.75) is 47.6 Å². The van der Waals surface area contributed by atoms with E-state index < -0.39 is 0 Å². The van der Waals surface area contributed by atoms with E-state index in [4.69, 9.17) is 4.74 Å². The minimum absolute atomic E-state index is 0.169. The van der Waals surface area contributed by atoms with Gasteiger partial charge < -0.3 is 10.1 Å². The van der Waals surface area contributed by atoms with E-state index in [0.717, 1.165) is 6.54 Å². The molecule has 0 fully saturated rings. The summed E-state index contributed by atoms with van der Waals surface area (Å²) in [5, 5.41) is 3.21. The first-order valence-electron chi connectivity index (χ1n) is 5.71. The number of esters is 1. The Labute approximate surface area is 93.6 Å². The molecule has 3 heteroatoms. The van der Waals surface area contributed by atoms with Crippen molar-refractivity contribution >= 4 is 5.97 Å². The highest BCUT2D eigenvalue weighted by atomic mass is 16.5. The highest BCUT2D eigenvalue weighted by molar-refractivity contribution is 5.75. The van der Waals surface area contributed by atoms with E-state index in [1.165, 1.54) is 0 Å². The summed E-state index contributed by atoms with van der Waals surface area (Å²) in [6.45, 7) is 13.7. The third kappa shape index (κ3) is 5.17. The number of nitrogens with one attached hydrogen (secondary N) is 1. The molecule has 0 aromatic rings. The molecule has 1 atom stereocenters. The summed E-state index contributed by atoms with van der Waals surface area (Å²) >= 11 is 0. The second-order valence-corrected chi connectivity index (χ2v) is 5.00. The first-order chi connectivity index (χ1) is 6.81. The van der Waals surface area contributed by atoms with Gasteiger partial charge in [-0.15, -0.1) is 0 Å². The average Bonchev–Trinajstić information content (AvgIpc) is 2.14. The van der Waals surface area contributed by atoms with Crippen LogP contribution in [0.1, 0.15) is 41.5 Å². The molecule has 0 amide bonds. The smallest absolute Gasteiger partial charge is 0.322 e. The SMILES string of the molecule is CCOC(=O)C(C)NCC(C)(C)C(C)C. The Kier molecular flexibility index (Phi) is 5.88. The molecule has 0 aromatic carbocycles. The van der Waals surface area contributed by atoms with Gasteiger partial charge in [-0.05, 0) is 25.2 Å². The Morgan fingerprint density at radius 2 is 1.87 bits per heavy atom. The molecule has 0 aliphatic rings. The molecule has 0 saturated heterocycles. The fourth-order valence-corrected chi connectivity index (χ4v) is 0.971. The van der Waals surface area contributed by atoms with Crippen molar-refractivity contribution in [2.75, 3.05) is 13.2 Å². The summed E-state index contributed by atoms with van der Waals surface area (Å²) in [6, 6.07) is -0.219. The van der Waals surface area contributed by atoms with E-state index in [-0.39, 0.29) is 17.4 Å². The Morgan fingerprint density at radius 1 is 1.33 bits per heavy atom. The second kappa shape index (κ2) is 6.11. The van der Waals surface area contributed by atoms with Crippen molar-refractivity contribution in [1.29, 1.82) is 0 Å². The van der Waals surface area contributed by atoms with Crippen LogP contribution in [0.3, 0.4) is 0 Å². The van der Waals surface area contributed by atoms with Gasteiger partial charge in [0.15, 0.2) is 0 Å². The zero-order chi connectivity index (χ0) is 12.1. The van der Waals surface area contributed by atoms with Gasteiger partial charge in [-0.25, -0.2) is 0 Å². The van der Waals surface area contributed by atoms with Gasteiger partial charge in [0.05, 0.1) is 6.61 Å². The summed E-state index contributed by atoms with van der Waals surface area (Å²) < 4.78 is 4.93. The zero-order valence-electron chi connectivity index (χ0n) is 10.9. The fraction of sp³-hybridized carbons (Fsp3) is 0.917. The summed E-state index contributed by atoms with van der Waals surface area (Å²) in [6.07, 6.45) is 0. The first-order valence-corrected chi connectivity index (χ1v) is 5.71. The van der Waals surface area contributed by atoms with Crippen LogP contribution in [-0.4, -0.2) is 25.2 Å². The molecule has 0 aliphatic heterocycles. The largest absolute Gasteiger partial charge is 0.465 e. The van der Waals surface area contributed by atoms with Crippen LogP contribution in [0.25, 0.3) is 0 Å². The van der Waals surface area contributed by atoms with Crippen LogP contribution in [-0.2, 0) is 9.53 Å². The highest BCUT2D eigenvalue weighted by Crippen LogP contribution is 2.24. The van der Waals surface area contributed by atoms with Crippen molar-refractivity contribution in [2.24, 2.45) is 11.3 Å². The third-order valence-electron chi connectivity index (χ3n) is 3.07. The Balaban J connectivity index is 3.99. The molecule has 1 N–H and O–H groups in total. The fourth-order valence-electron chi connectivity index (χ4n) is 0.971. The van der Waals surface area contributed by atoms with Gasteiger partial charge in [-0.3, -0.25) is 4.79 Å². The van der Waals surface area contributed by atoms with Gasteiger partial charge in [0.1, 0.15) is 6.04 Å². The molecule has 0 heterocycles. The number of carbonyl (C=O) groups excluding carboxylic acids is 1. The molecule has 0 saturated carbocycles. The monoisotopic (exact) mass is 215 g/mol. The lowest BCUT2D eigenvalue weighted by Crippen LogP contribution is -2.42. The predicted octanol–water partition coefficient (Wildman–Crippen LogP) is 2.21. The van der Waals surface area contributed by atoms with Crippen molar-refractivity contribution < 1.29 is 9.53 Å². The summed E-state index contributed by atoms with van der Waals surface area (Å²) in [5.74, 6) is 0.413. The molecule has 0 bridgehead atoms. The Bertz CT molecular complexity index is 200. The van der Waals surface area contributed by atoms with E-state index >= 15 is 0 Å². The molecule has 0 rings (SSSR count). The van der Waals surface area contributed by atoms with Crippen LogP contribution in [0.2, 0.25) is 0 Å². The Morgan fingerprint density at radius 3 is 2.27 bits per heavy atom. The molecule has 0 aliphatic carbocycles. The van der Waals surface area contributed by atoms with Crippen molar-refractivity contribution in [1.82, 2.24) is 5.32 Å². The van der Waals surface area contributed by atoms with Gasteiger partial charge >= 0.3 is 5.97 Å². The normalized spacial score (nSPS) is 14.1. The lowest BCUT2D eigenvalue weighted by Gasteiger charge is -2.30. The van der Waals surface area contributed by atoms with Gasteiger partial charge in [-0.1, -0.05) is 27.7 Å². The summed E-state index contributed by atoms with van der Waals surface area (Å²) in [7, 11) is 0. The van der Waals surface area contributed by atoms with E-state index in [2.05, 4.69) is 33.0 Å². The first kappa shape index (κ1) is 14.4. The zero-order valence-corrected chi connectivity index (χ0v) is 10.9. The molecule has 0 aromatic heterocycles. The number of rotatable bonds is 6. The van der Waals surface area contributed by atoms with Crippen LogP contribution < -0.4 is 5.32 Å². The van der Waals surface area contributed by atoms with Crippen LogP contribution >= 0.6 is 0 Å². The predicted molar refractivity (Wildman–Crippen MR) is 62.7 cm³/mol. The Hall–Kier alpha value is -0.570. The van der Waals surface area contributed by atoms with Crippen molar-refractivity contribution in [3.8, 4) is 0 Å². The molecule has 3 nitrogen and oxygen atoms in total. The van der Waals surface area contributed by atoms with E-state index in [0.29, 0.717) is 12.5 Å². The van der Waals surface area contributed by atoms with E-state index in [1.807, 2.05) is 13.8 Å². The van der Waals surface area contributed by atoms with Crippen molar-refractivity contribution in [3.63, 3.8) is 0 Å². The molecular weight excluding hydrogens is 190 g/mol. The number of carbonyl (C=O) groups is 1. The van der Waals surface area contributed by atoms with E-state index in [9.17, 15) is 4.79 Å². The lowest BCUT2D eigenvalue weighted by molar-refractivity contribution is -0.145. The van der Waals surface area contributed by atoms with Gasteiger partial charge in [0.25, 0.3) is 0 Å². The maximum Gasteiger partial charge on any atom is 0.322 e. The minimum Gasteiger partial charge on any atom is -0.465 e. The van der Waals surface area contributed by atoms with Crippen LogP contribution in [0.4, 0.5) is 0 Å². The highest BCUT2D eigenvalue weighted by Gasteiger charge is 2.24. The van der Waals surface area contributed by atoms with E-state index in [1.54, 1.807) is 0 Å². The van der Waals surface area contributed by atoms with Crippen molar-refractivity contribution in [3.05, 3.63) is 0 Å². The molecule has 0 spiro atoms. The second-order valence-electron chi connectivity index (χ2n) is 5.00. The quantitative estimate of drug-likeness (QED) is 0.690. The average molecular weight is 215 g/mol. The van der Waals surface area contributed by atoms with Gasteiger partial charge in [-0.2, -0.15) is 0 Å². The number of hydrogen-bond acceptors (Lipinski definition) is 3. The van der Waals surface area contributed by atoms with Crippen LogP contribution in [0.5, 0.6) is 0 Å². The maximum atomic E-state index is 11.3. The molecule has 90 valence electrons. The standard InChI is InChI=1S/C12H25NO2/c1-7-15-11(14)10(4)13-8-12(5,6)9(2)3/h9-10,13H,7-8H2,1-6H3. The number of hydrogen-bond donors (Lipinski definition) is 1. The van der Waals surface area contributed by atoms with Gasteiger partial charge in [0.2, 0.25) is 0 Å². The molecule has 0 radical (unpaired) electrons. The minimum atomic E-state index is -0.219. The maximum absolute atomic E-state index is 11.3. The number of ether oxygens (including phenoxy) is 1. The molecular formula is C12H25NO2. The van der Waals surface area contributed by atoms with Gasteiger partial charge in [0, 0.05) is 6.54 Å². The topological polar surface area (TPSA) is 38.3 Å². The van der Waals surface area contributed by atoms with Crippen LogP contribution in [0.15, 0.2) is 0 Å². The summed E-state index contributed by atoms with van der Waals surface area (Å²) in [5.41, 5.74) is 0.195. The van der Waals surface area contributed by atoms with Crippen LogP contribution in [0, 0.1) is 11.3 Å². The third-order valence-corrected chi connectivity index (χ3v) is 3.07.